The highest BCUT2D eigenvalue weighted by molar-refractivity contribution is 5.37. The first-order valence-corrected chi connectivity index (χ1v) is 7.88. The molecule has 1 atom stereocenters. The first-order chi connectivity index (χ1) is 9.97. The number of aryl methyl sites for hydroxylation is 1. The molecule has 1 N–H and O–H groups in total. The molecule has 2 rings (SSSR count). The third-order valence-electron chi connectivity index (χ3n) is 4.45. The quantitative estimate of drug-likeness (QED) is 0.898. The molecule has 0 spiro atoms. The Hall–Kier alpha value is -1.10. The number of aromatic hydroxyl groups is 1. The van der Waals surface area contributed by atoms with Crippen molar-refractivity contribution in [3.63, 3.8) is 0 Å². The van der Waals surface area contributed by atoms with E-state index in [0.717, 1.165) is 44.8 Å². The number of hydrogen-bond acceptors (Lipinski definition) is 4. The van der Waals surface area contributed by atoms with Crippen molar-refractivity contribution in [2.75, 3.05) is 53.4 Å². The lowest BCUT2D eigenvalue weighted by Gasteiger charge is -2.38. The highest BCUT2D eigenvalue weighted by atomic mass is 16.3. The first-order valence-electron chi connectivity index (χ1n) is 7.88. The minimum atomic E-state index is 0.279. The van der Waals surface area contributed by atoms with Gasteiger partial charge in [0.1, 0.15) is 5.75 Å². The van der Waals surface area contributed by atoms with Crippen molar-refractivity contribution in [1.82, 2.24) is 14.7 Å². The molecule has 0 aromatic heterocycles. The number of phenols is 1. The molecule has 0 radical (unpaired) electrons. The van der Waals surface area contributed by atoms with Gasteiger partial charge in [0.2, 0.25) is 0 Å². The van der Waals surface area contributed by atoms with E-state index < -0.39 is 0 Å². The standard InChI is InChI=1S/C17H29N3O/c1-14-5-6-17(21)16(13-14)15(2)20-11-9-19(10-12-20)8-7-18(3)4/h5-6,13,15,21H,7-12H2,1-4H3. The summed E-state index contributed by atoms with van der Waals surface area (Å²) in [5.74, 6) is 0.420. The van der Waals surface area contributed by atoms with E-state index in [0.29, 0.717) is 5.75 Å². The number of piperazine rings is 1. The minimum Gasteiger partial charge on any atom is -0.508 e. The summed E-state index contributed by atoms with van der Waals surface area (Å²) in [4.78, 5) is 7.24. The molecule has 118 valence electrons. The zero-order valence-electron chi connectivity index (χ0n) is 13.8. The number of likely N-dealkylation sites (N-methyl/N-ethyl adjacent to an activating group) is 1. The van der Waals surface area contributed by atoms with Gasteiger partial charge < -0.3 is 10.0 Å². The highest BCUT2D eigenvalue weighted by Gasteiger charge is 2.23. The van der Waals surface area contributed by atoms with Gasteiger partial charge in [0.15, 0.2) is 0 Å². The van der Waals surface area contributed by atoms with Gasteiger partial charge in [-0.3, -0.25) is 9.80 Å². The Balaban J connectivity index is 1.91. The van der Waals surface area contributed by atoms with E-state index >= 15 is 0 Å². The molecule has 1 aliphatic heterocycles. The van der Waals surface area contributed by atoms with Crippen LogP contribution in [0.3, 0.4) is 0 Å². The normalized spacial score (nSPS) is 19.1. The second kappa shape index (κ2) is 7.25. The average Bonchev–Trinajstić information content (AvgIpc) is 2.47. The molecule has 4 heteroatoms. The van der Waals surface area contributed by atoms with Crippen LogP contribution in [-0.4, -0.2) is 73.2 Å². The summed E-state index contributed by atoms with van der Waals surface area (Å²) < 4.78 is 0. The molecule has 1 aliphatic rings. The van der Waals surface area contributed by atoms with Gasteiger partial charge in [0.05, 0.1) is 0 Å². The zero-order valence-corrected chi connectivity index (χ0v) is 13.8. The third-order valence-corrected chi connectivity index (χ3v) is 4.45. The van der Waals surface area contributed by atoms with Gasteiger partial charge in [-0.25, -0.2) is 0 Å². The summed E-state index contributed by atoms with van der Waals surface area (Å²) in [6, 6.07) is 6.17. The van der Waals surface area contributed by atoms with Crippen LogP contribution in [0, 0.1) is 6.92 Å². The number of rotatable bonds is 5. The predicted octanol–water partition coefficient (Wildman–Crippen LogP) is 1.94. The van der Waals surface area contributed by atoms with Crippen molar-refractivity contribution in [1.29, 1.82) is 0 Å². The number of nitrogens with zero attached hydrogens (tertiary/aromatic N) is 3. The first kappa shape index (κ1) is 16.3. The topological polar surface area (TPSA) is 30.0 Å². The van der Waals surface area contributed by atoms with Crippen molar-refractivity contribution in [2.24, 2.45) is 0 Å². The molecule has 21 heavy (non-hydrogen) atoms. The third kappa shape index (κ3) is 4.43. The number of benzene rings is 1. The van der Waals surface area contributed by atoms with E-state index in [2.05, 4.69) is 48.7 Å². The zero-order chi connectivity index (χ0) is 15.4. The monoisotopic (exact) mass is 291 g/mol. The van der Waals surface area contributed by atoms with Gasteiger partial charge in [0, 0.05) is 50.9 Å². The molecule has 1 aromatic carbocycles. The number of hydrogen-bond donors (Lipinski definition) is 1. The summed E-state index contributed by atoms with van der Waals surface area (Å²) in [7, 11) is 4.25. The minimum absolute atomic E-state index is 0.279. The van der Waals surface area contributed by atoms with E-state index in [1.807, 2.05) is 12.1 Å². The lowest BCUT2D eigenvalue weighted by molar-refractivity contribution is 0.0966. The van der Waals surface area contributed by atoms with Gasteiger partial charge in [-0.2, -0.15) is 0 Å². The Morgan fingerprint density at radius 1 is 1.19 bits per heavy atom. The van der Waals surface area contributed by atoms with Crippen LogP contribution < -0.4 is 0 Å². The molecule has 4 nitrogen and oxygen atoms in total. The maximum atomic E-state index is 10.1. The fraction of sp³-hybridized carbons (Fsp3) is 0.647. The Morgan fingerprint density at radius 2 is 1.86 bits per heavy atom. The molecule has 1 aromatic rings. The fourth-order valence-electron chi connectivity index (χ4n) is 2.92. The van der Waals surface area contributed by atoms with Crippen molar-refractivity contribution >= 4 is 0 Å². The Bertz CT molecular complexity index is 453. The maximum Gasteiger partial charge on any atom is 0.120 e. The molecule has 0 amide bonds. The van der Waals surface area contributed by atoms with Gasteiger partial charge >= 0.3 is 0 Å². The molecule has 0 saturated carbocycles. The van der Waals surface area contributed by atoms with Crippen molar-refractivity contribution in [3.05, 3.63) is 29.3 Å². The van der Waals surface area contributed by atoms with Crippen LogP contribution in [0.4, 0.5) is 0 Å². The average molecular weight is 291 g/mol. The SMILES string of the molecule is Cc1ccc(O)c(C(C)N2CCN(CCN(C)C)CC2)c1. The fourth-order valence-corrected chi connectivity index (χ4v) is 2.92. The second-order valence-corrected chi connectivity index (χ2v) is 6.42. The van der Waals surface area contributed by atoms with Crippen molar-refractivity contribution in [2.45, 2.75) is 19.9 Å². The summed E-state index contributed by atoms with van der Waals surface area (Å²) >= 11 is 0. The van der Waals surface area contributed by atoms with Gasteiger partial charge in [-0.05, 0) is 34.0 Å². The molecule has 0 bridgehead atoms. The van der Waals surface area contributed by atoms with Gasteiger partial charge in [0.25, 0.3) is 0 Å². The molecular weight excluding hydrogens is 262 g/mol. The van der Waals surface area contributed by atoms with E-state index in [4.69, 9.17) is 0 Å². The van der Waals surface area contributed by atoms with E-state index in [1.165, 1.54) is 5.56 Å². The molecule has 1 unspecified atom stereocenters. The summed E-state index contributed by atoms with van der Waals surface area (Å²) in [6.45, 7) is 10.9. The predicted molar refractivity (Wildman–Crippen MR) is 87.8 cm³/mol. The molecule has 1 heterocycles. The van der Waals surface area contributed by atoms with E-state index in [1.54, 1.807) is 0 Å². The van der Waals surface area contributed by atoms with Crippen LogP contribution in [0.2, 0.25) is 0 Å². The summed E-state index contributed by atoms with van der Waals surface area (Å²) in [6.07, 6.45) is 0. The maximum absolute atomic E-state index is 10.1. The Morgan fingerprint density at radius 3 is 2.48 bits per heavy atom. The van der Waals surface area contributed by atoms with Crippen LogP contribution >= 0.6 is 0 Å². The highest BCUT2D eigenvalue weighted by Crippen LogP contribution is 2.29. The van der Waals surface area contributed by atoms with Crippen LogP contribution in [0.15, 0.2) is 18.2 Å². The van der Waals surface area contributed by atoms with Gasteiger partial charge in [-0.1, -0.05) is 17.7 Å². The summed E-state index contributed by atoms with van der Waals surface area (Å²) in [5.41, 5.74) is 2.26. The molecule has 0 aliphatic carbocycles. The largest absolute Gasteiger partial charge is 0.508 e. The number of phenolic OH excluding ortho intramolecular Hbond substituents is 1. The Kier molecular flexibility index (Phi) is 5.62. The smallest absolute Gasteiger partial charge is 0.120 e. The Labute approximate surface area is 129 Å². The van der Waals surface area contributed by atoms with E-state index in [9.17, 15) is 5.11 Å². The molecule has 1 saturated heterocycles. The lowest BCUT2D eigenvalue weighted by atomic mass is 10.0. The molecular formula is C17H29N3O. The van der Waals surface area contributed by atoms with Crippen LogP contribution in [-0.2, 0) is 0 Å². The van der Waals surface area contributed by atoms with Crippen LogP contribution in [0.5, 0.6) is 5.75 Å². The molecule has 1 fully saturated rings. The second-order valence-electron chi connectivity index (χ2n) is 6.42. The summed E-state index contributed by atoms with van der Waals surface area (Å²) in [5, 5.41) is 10.1. The van der Waals surface area contributed by atoms with Crippen molar-refractivity contribution < 1.29 is 5.11 Å². The van der Waals surface area contributed by atoms with Gasteiger partial charge in [-0.15, -0.1) is 0 Å². The van der Waals surface area contributed by atoms with E-state index in [-0.39, 0.29) is 6.04 Å². The van der Waals surface area contributed by atoms with Crippen LogP contribution in [0.1, 0.15) is 24.1 Å². The van der Waals surface area contributed by atoms with Crippen LogP contribution in [0.25, 0.3) is 0 Å². The van der Waals surface area contributed by atoms with Crippen molar-refractivity contribution in [3.8, 4) is 5.75 Å². The lowest BCUT2D eigenvalue weighted by Crippen LogP contribution is -2.48.